The summed E-state index contributed by atoms with van der Waals surface area (Å²) < 4.78 is 0. The third kappa shape index (κ3) is 2.57. The summed E-state index contributed by atoms with van der Waals surface area (Å²) in [5.74, 6) is -0.128. The van der Waals surface area contributed by atoms with E-state index in [0.717, 1.165) is 0 Å². The van der Waals surface area contributed by atoms with E-state index >= 15 is 0 Å². The van der Waals surface area contributed by atoms with Crippen molar-refractivity contribution in [2.75, 3.05) is 7.05 Å². The maximum absolute atomic E-state index is 12.0. The van der Waals surface area contributed by atoms with E-state index in [1.54, 1.807) is 18.0 Å². The second-order valence-corrected chi connectivity index (χ2v) is 4.61. The van der Waals surface area contributed by atoms with Gasteiger partial charge >= 0.3 is 0 Å². The van der Waals surface area contributed by atoms with E-state index in [0.29, 0.717) is 11.1 Å². The van der Waals surface area contributed by atoms with Crippen LogP contribution in [0.3, 0.4) is 0 Å². The van der Waals surface area contributed by atoms with E-state index in [1.165, 1.54) is 12.4 Å². The minimum absolute atomic E-state index is 0.128. The fourth-order valence-corrected chi connectivity index (χ4v) is 1.12. The summed E-state index contributed by atoms with van der Waals surface area (Å²) in [6.07, 6.45) is 2.92. The molecule has 0 saturated heterocycles. The van der Waals surface area contributed by atoms with E-state index in [-0.39, 0.29) is 11.4 Å². The molecule has 4 heteroatoms. The lowest BCUT2D eigenvalue weighted by Gasteiger charge is -2.31. The molecule has 1 amide bonds. The van der Waals surface area contributed by atoms with Crippen LogP contribution in [0.5, 0.6) is 0 Å². The largest absolute Gasteiger partial charge is 0.337 e. The van der Waals surface area contributed by atoms with E-state index in [9.17, 15) is 4.79 Å². The monoisotopic (exact) mass is 217 g/mol. The zero-order valence-corrected chi connectivity index (χ0v) is 9.98. The van der Waals surface area contributed by atoms with Gasteiger partial charge in [0.05, 0.1) is 11.1 Å². The van der Waals surface area contributed by atoms with E-state index < -0.39 is 0 Å². The van der Waals surface area contributed by atoms with Gasteiger partial charge in [0.1, 0.15) is 6.07 Å². The number of nitrogens with zero attached hydrogens (tertiary/aromatic N) is 3. The van der Waals surface area contributed by atoms with Gasteiger partial charge in [0.2, 0.25) is 0 Å². The quantitative estimate of drug-likeness (QED) is 0.721. The Bertz CT molecular complexity index is 440. The van der Waals surface area contributed by atoms with Gasteiger partial charge < -0.3 is 4.90 Å². The van der Waals surface area contributed by atoms with Gasteiger partial charge in [-0.2, -0.15) is 5.26 Å². The summed E-state index contributed by atoms with van der Waals surface area (Å²) >= 11 is 0. The van der Waals surface area contributed by atoms with Crippen molar-refractivity contribution in [3.05, 3.63) is 29.6 Å². The van der Waals surface area contributed by atoms with Gasteiger partial charge in [0, 0.05) is 25.0 Å². The molecule has 0 spiro atoms. The van der Waals surface area contributed by atoms with Crippen molar-refractivity contribution in [3.63, 3.8) is 0 Å². The molecule has 0 radical (unpaired) electrons. The van der Waals surface area contributed by atoms with Crippen LogP contribution in [0.2, 0.25) is 0 Å². The molecule has 0 unspecified atom stereocenters. The fourth-order valence-electron chi connectivity index (χ4n) is 1.12. The van der Waals surface area contributed by atoms with Gasteiger partial charge in [-0.05, 0) is 26.8 Å². The van der Waals surface area contributed by atoms with Gasteiger partial charge in [-0.3, -0.25) is 9.78 Å². The van der Waals surface area contributed by atoms with Crippen molar-refractivity contribution in [2.45, 2.75) is 26.3 Å². The Labute approximate surface area is 95.5 Å². The average Bonchev–Trinajstić information content (AvgIpc) is 2.26. The third-order valence-corrected chi connectivity index (χ3v) is 2.43. The molecule has 1 heterocycles. The number of aromatic nitrogens is 1. The standard InChI is InChI=1S/C12H15N3O/c1-12(2,3)15(4)11(16)10-5-9(6-13)7-14-8-10/h5,7-8H,1-4H3. The number of amides is 1. The van der Waals surface area contributed by atoms with Crippen LogP contribution in [0.1, 0.15) is 36.7 Å². The van der Waals surface area contributed by atoms with Crippen LogP contribution in [0.15, 0.2) is 18.5 Å². The van der Waals surface area contributed by atoms with Crippen LogP contribution in [0, 0.1) is 11.3 Å². The van der Waals surface area contributed by atoms with Crippen molar-refractivity contribution in [3.8, 4) is 6.07 Å². The number of carbonyl (C=O) groups is 1. The summed E-state index contributed by atoms with van der Waals surface area (Å²) in [5, 5.41) is 8.73. The second-order valence-electron chi connectivity index (χ2n) is 4.61. The van der Waals surface area contributed by atoms with Gasteiger partial charge in [0.25, 0.3) is 5.91 Å². The summed E-state index contributed by atoms with van der Waals surface area (Å²) in [7, 11) is 1.74. The normalized spacial score (nSPS) is 10.7. The fraction of sp³-hybridized carbons (Fsp3) is 0.417. The topological polar surface area (TPSA) is 57.0 Å². The highest BCUT2D eigenvalue weighted by Crippen LogP contribution is 2.14. The van der Waals surface area contributed by atoms with Gasteiger partial charge in [-0.1, -0.05) is 0 Å². The highest BCUT2D eigenvalue weighted by atomic mass is 16.2. The molecule has 0 bridgehead atoms. The second kappa shape index (κ2) is 4.31. The highest BCUT2D eigenvalue weighted by molar-refractivity contribution is 5.94. The number of rotatable bonds is 1. The first-order valence-electron chi connectivity index (χ1n) is 4.99. The molecular weight excluding hydrogens is 202 g/mol. The lowest BCUT2D eigenvalue weighted by molar-refractivity contribution is 0.0655. The molecule has 0 atom stereocenters. The molecule has 0 aromatic carbocycles. The minimum Gasteiger partial charge on any atom is -0.337 e. The van der Waals surface area contributed by atoms with E-state index in [4.69, 9.17) is 5.26 Å². The molecule has 0 aliphatic rings. The van der Waals surface area contributed by atoms with Crippen LogP contribution >= 0.6 is 0 Å². The lowest BCUT2D eigenvalue weighted by atomic mass is 10.1. The number of carbonyl (C=O) groups excluding carboxylic acids is 1. The maximum Gasteiger partial charge on any atom is 0.255 e. The first-order valence-corrected chi connectivity index (χ1v) is 4.99. The minimum atomic E-state index is -0.250. The Hall–Kier alpha value is -1.89. The summed E-state index contributed by atoms with van der Waals surface area (Å²) in [4.78, 5) is 17.5. The van der Waals surface area contributed by atoms with Crippen molar-refractivity contribution in [1.82, 2.24) is 9.88 Å². The Morgan fingerprint density at radius 1 is 1.44 bits per heavy atom. The first-order chi connectivity index (χ1) is 7.36. The van der Waals surface area contributed by atoms with Crippen LogP contribution < -0.4 is 0 Å². The first kappa shape index (κ1) is 12.2. The van der Waals surface area contributed by atoms with Gasteiger partial charge in [-0.25, -0.2) is 0 Å². The molecule has 0 fully saturated rings. The van der Waals surface area contributed by atoms with Crippen molar-refractivity contribution < 1.29 is 4.79 Å². The summed E-state index contributed by atoms with van der Waals surface area (Å²) in [6.45, 7) is 5.85. The number of hydrogen-bond acceptors (Lipinski definition) is 3. The Kier molecular flexibility index (Phi) is 3.28. The SMILES string of the molecule is CN(C(=O)c1cncc(C#N)c1)C(C)(C)C. The molecule has 1 aromatic heterocycles. The van der Waals surface area contributed by atoms with Crippen molar-refractivity contribution in [1.29, 1.82) is 5.26 Å². The predicted octanol–water partition coefficient (Wildman–Crippen LogP) is 1.82. The number of pyridine rings is 1. The third-order valence-electron chi connectivity index (χ3n) is 2.43. The van der Waals surface area contributed by atoms with Crippen LogP contribution in [0.4, 0.5) is 0 Å². The number of hydrogen-bond donors (Lipinski definition) is 0. The molecule has 0 aliphatic heterocycles. The molecule has 0 saturated carbocycles. The molecule has 1 aromatic rings. The molecule has 0 N–H and O–H groups in total. The average molecular weight is 217 g/mol. The summed E-state index contributed by atoms with van der Waals surface area (Å²) in [6, 6.07) is 3.52. The smallest absolute Gasteiger partial charge is 0.255 e. The Balaban J connectivity index is 3.02. The molecule has 1 rings (SSSR count). The molecule has 0 aliphatic carbocycles. The Morgan fingerprint density at radius 3 is 2.56 bits per heavy atom. The van der Waals surface area contributed by atoms with Gasteiger partial charge in [0.15, 0.2) is 0 Å². The Morgan fingerprint density at radius 2 is 2.06 bits per heavy atom. The molecule has 84 valence electrons. The number of nitriles is 1. The van der Waals surface area contributed by atoms with Crippen LogP contribution in [0.25, 0.3) is 0 Å². The maximum atomic E-state index is 12.0. The summed E-state index contributed by atoms with van der Waals surface area (Å²) in [5.41, 5.74) is 0.587. The molecule has 4 nitrogen and oxygen atoms in total. The van der Waals surface area contributed by atoms with Gasteiger partial charge in [-0.15, -0.1) is 0 Å². The van der Waals surface area contributed by atoms with E-state index in [2.05, 4.69) is 4.98 Å². The lowest BCUT2D eigenvalue weighted by Crippen LogP contribution is -2.42. The zero-order valence-electron chi connectivity index (χ0n) is 9.98. The van der Waals surface area contributed by atoms with E-state index in [1.807, 2.05) is 26.8 Å². The van der Waals surface area contributed by atoms with Crippen LogP contribution in [-0.2, 0) is 0 Å². The molecule has 16 heavy (non-hydrogen) atoms. The predicted molar refractivity (Wildman–Crippen MR) is 60.8 cm³/mol. The van der Waals surface area contributed by atoms with Crippen LogP contribution in [-0.4, -0.2) is 28.4 Å². The zero-order chi connectivity index (χ0) is 12.3. The highest BCUT2D eigenvalue weighted by Gasteiger charge is 2.23. The van der Waals surface area contributed by atoms with Crippen molar-refractivity contribution >= 4 is 5.91 Å². The van der Waals surface area contributed by atoms with Crippen molar-refractivity contribution in [2.24, 2.45) is 0 Å². The molecular formula is C12H15N3O.